The molecular formula is C17H28N4O2. The summed E-state index contributed by atoms with van der Waals surface area (Å²) in [4.78, 5) is 17.5. The van der Waals surface area contributed by atoms with Crippen LogP contribution in [0.15, 0.2) is 29.3 Å². The monoisotopic (exact) mass is 320 g/mol. The first-order valence-electron chi connectivity index (χ1n) is 7.92. The Bertz CT molecular complexity index is 515. The van der Waals surface area contributed by atoms with Crippen molar-refractivity contribution in [2.24, 2.45) is 4.99 Å². The van der Waals surface area contributed by atoms with E-state index in [0.29, 0.717) is 12.5 Å². The van der Waals surface area contributed by atoms with E-state index in [0.717, 1.165) is 30.7 Å². The molecule has 0 radical (unpaired) electrons. The summed E-state index contributed by atoms with van der Waals surface area (Å²) in [5, 5.41) is 6.48. The summed E-state index contributed by atoms with van der Waals surface area (Å²) >= 11 is 0. The van der Waals surface area contributed by atoms with Crippen LogP contribution < -0.4 is 15.4 Å². The molecule has 1 amide bonds. The van der Waals surface area contributed by atoms with Crippen molar-refractivity contribution < 1.29 is 9.53 Å². The largest absolute Gasteiger partial charge is 0.496 e. The normalized spacial score (nSPS) is 11.0. The third-order valence-electron chi connectivity index (χ3n) is 3.29. The number of rotatable bonds is 8. The molecule has 23 heavy (non-hydrogen) atoms. The first kappa shape index (κ1) is 18.8. The topological polar surface area (TPSA) is 66.0 Å². The van der Waals surface area contributed by atoms with Gasteiger partial charge in [0.1, 0.15) is 12.3 Å². The Kier molecular flexibility index (Phi) is 8.57. The number of nitrogens with zero attached hydrogens (tertiary/aromatic N) is 2. The zero-order valence-corrected chi connectivity index (χ0v) is 14.6. The Morgan fingerprint density at radius 3 is 2.57 bits per heavy atom. The van der Waals surface area contributed by atoms with Crippen molar-refractivity contribution in [2.45, 2.75) is 19.8 Å². The van der Waals surface area contributed by atoms with E-state index in [-0.39, 0.29) is 12.5 Å². The second-order valence-corrected chi connectivity index (χ2v) is 5.37. The van der Waals surface area contributed by atoms with E-state index in [1.165, 1.54) is 4.90 Å². The van der Waals surface area contributed by atoms with Crippen molar-refractivity contribution in [3.05, 3.63) is 29.8 Å². The minimum absolute atomic E-state index is 0.0210. The van der Waals surface area contributed by atoms with Crippen molar-refractivity contribution in [2.75, 3.05) is 40.8 Å². The third-order valence-corrected chi connectivity index (χ3v) is 3.29. The minimum Gasteiger partial charge on any atom is -0.496 e. The predicted octanol–water partition coefficient (Wildman–Crippen LogP) is 1.27. The number of amides is 1. The fourth-order valence-electron chi connectivity index (χ4n) is 1.93. The maximum absolute atomic E-state index is 11.6. The number of ether oxygens (including phenoxy) is 1. The summed E-state index contributed by atoms with van der Waals surface area (Å²) in [6.45, 7) is 3.76. The molecule has 6 heteroatoms. The molecule has 6 nitrogen and oxygen atoms in total. The van der Waals surface area contributed by atoms with Gasteiger partial charge in [-0.2, -0.15) is 0 Å². The number of guanidine groups is 1. The highest BCUT2D eigenvalue weighted by atomic mass is 16.5. The van der Waals surface area contributed by atoms with E-state index >= 15 is 0 Å². The maximum Gasteiger partial charge on any atom is 0.243 e. The second-order valence-electron chi connectivity index (χ2n) is 5.37. The summed E-state index contributed by atoms with van der Waals surface area (Å²) < 4.78 is 5.35. The van der Waals surface area contributed by atoms with Crippen LogP contribution in [0.2, 0.25) is 0 Å². The Morgan fingerprint density at radius 1 is 1.22 bits per heavy atom. The predicted molar refractivity (Wildman–Crippen MR) is 94.0 cm³/mol. The van der Waals surface area contributed by atoms with Crippen molar-refractivity contribution in [3.63, 3.8) is 0 Å². The van der Waals surface area contributed by atoms with E-state index in [2.05, 4.69) is 22.5 Å². The van der Waals surface area contributed by atoms with Crippen LogP contribution in [0.25, 0.3) is 0 Å². The summed E-state index contributed by atoms with van der Waals surface area (Å²) in [5.74, 6) is 1.53. The standard InChI is InChI=1S/C17H28N4O2/c1-5-11-18-17(20-13-16(22)21(2)3)19-12-10-14-8-6-7-9-15(14)23-4/h6-9H,5,10-13H2,1-4H3,(H2,18,19,20). The lowest BCUT2D eigenvalue weighted by Gasteiger charge is -2.14. The SMILES string of the molecule is CCCNC(=NCC(=O)N(C)C)NCCc1ccccc1OC. The van der Waals surface area contributed by atoms with Gasteiger partial charge in [0.2, 0.25) is 5.91 Å². The molecule has 0 unspecified atom stereocenters. The number of carbonyl (C=O) groups is 1. The first-order valence-corrected chi connectivity index (χ1v) is 7.92. The van der Waals surface area contributed by atoms with Crippen LogP contribution in [0.4, 0.5) is 0 Å². The van der Waals surface area contributed by atoms with Crippen molar-refractivity contribution >= 4 is 11.9 Å². The Hall–Kier alpha value is -2.24. The highest BCUT2D eigenvalue weighted by molar-refractivity contribution is 5.84. The van der Waals surface area contributed by atoms with Crippen LogP contribution in [-0.2, 0) is 11.2 Å². The molecule has 2 N–H and O–H groups in total. The van der Waals surface area contributed by atoms with E-state index in [9.17, 15) is 4.79 Å². The van der Waals surface area contributed by atoms with Gasteiger partial charge in [-0.05, 0) is 24.5 Å². The highest BCUT2D eigenvalue weighted by Gasteiger charge is 2.05. The van der Waals surface area contributed by atoms with Crippen LogP contribution in [-0.4, -0.2) is 57.6 Å². The van der Waals surface area contributed by atoms with Gasteiger partial charge in [-0.3, -0.25) is 4.79 Å². The molecular weight excluding hydrogens is 292 g/mol. The number of methoxy groups -OCH3 is 1. The molecule has 0 aromatic heterocycles. The average molecular weight is 320 g/mol. The molecule has 0 bridgehead atoms. The fourth-order valence-corrected chi connectivity index (χ4v) is 1.93. The number of hydrogen-bond acceptors (Lipinski definition) is 3. The minimum atomic E-state index is -0.0210. The lowest BCUT2D eigenvalue weighted by atomic mass is 10.1. The molecule has 0 saturated carbocycles. The molecule has 0 saturated heterocycles. The average Bonchev–Trinajstić information content (AvgIpc) is 2.56. The summed E-state index contributed by atoms with van der Waals surface area (Å²) in [5.41, 5.74) is 1.14. The van der Waals surface area contributed by atoms with Gasteiger partial charge in [-0.25, -0.2) is 4.99 Å². The zero-order chi connectivity index (χ0) is 17.1. The number of para-hydroxylation sites is 1. The highest BCUT2D eigenvalue weighted by Crippen LogP contribution is 2.17. The van der Waals surface area contributed by atoms with E-state index in [4.69, 9.17) is 4.74 Å². The number of carbonyl (C=O) groups excluding carboxylic acids is 1. The molecule has 0 atom stereocenters. The van der Waals surface area contributed by atoms with Gasteiger partial charge in [0, 0.05) is 27.2 Å². The van der Waals surface area contributed by atoms with Crippen LogP contribution in [0.1, 0.15) is 18.9 Å². The van der Waals surface area contributed by atoms with Gasteiger partial charge in [-0.15, -0.1) is 0 Å². The lowest BCUT2D eigenvalue weighted by Crippen LogP contribution is -2.39. The molecule has 128 valence electrons. The first-order chi connectivity index (χ1) is 11.1. The number of hydrogen-bond donors (Lipinski definition) is 2. The van der Waals surface area contributed by atoms with Gasteiger partial charge in [0.25, 0.3) is 0 Å². The molecule has 0 aliphatic rings. The van der Waals surface area contributed by atoms with E-state index < -0.39 is 0 Å². The van der Waals surface area contributed by atoms with Crippen molar-refractivity contribution in [1.82, 2.24) is 15.5 Å². The molecule has 0 heterocycles. The van der Waals surface area contributed by atoms with Crippen LogP contribution in [0.5, 0.6) is 5.75 Å². The van der Waals surface area contributed by atoms with E-state index in [1.54, 1.807) is 21.2 Å². The summed E-state index contributed by atoms with van der Waals surface area (Å²) in [7, 11) is 5.13. The van der Waals surface area contributed by atoms with Gasteiger partial charge < -0.3 is 20.3 Å². The Balaban J connectivity index is 2.56. The molecule has 0 aliphatic carbocycles. The third kappa shape index (κ3) is 7.04. The summed E-state index contributed by atoms with van der Waals surface area (Å²) in [6.07, 6.45) is 1.81. The van der Waals surface area contributed by atoms with Gasteiger partial charge in [0.15, 0.2) is 5.96 Å². The quantitative estimate of drug-likeness (QED) is 0.559. The lowest BCUT2D eigenvalue weighted by molar-refractivity contribution is -0.127. The number of benzene rings is 1. The van der Waals surface area contributed by atoms with Gasteiger partial charge in [-0.1, -0.05) is 25.1 Å². The maximum atomic E-state index is 11.6. The summed E-state index contributed by atoms with van der Waals surface area (Å²) in [6, 6.07) is 7.96. The molecule has 0 fully saturated rings. The Morgan fingerprint density at radius 2 is 1.91 bits per heavy atom. The molecule has 1 aromatic carbocycles. The van der Waals surface area contributed by atoms with Crippen molar-refractivity contribution in [1.29, 1.82) is 0 Å². The van der Waals surface area contributed by atoms with Crippen LogP contribution in [0.3, 0.4) is 0 Å². The van der Waals surface area contributed by atoms with Gasteiger partial charge in [0.05, 0.1) is 7.11 Å². The van der Waals surface area contributed by atoms with Crippen molar-refractivity contribution in [3.8, 4) is 5.75 Å². The molecule has 0 aliphatic heterocycles. The number of likely N-dealkylation sites (N-methyl/N-ethyl adjacent to an activating group) is 1. The molecule has 1 rings (SSSR count). The smallest absolute Gasteiger partial charge is 0.243 e. The fraction of sp³-hybridized carbons (Fsp3) is 0.529. The number of nitrogens with one attached hydrogen (secondary N) is 2. The Labute approximate surface area is 138 Å². The van der Waals surface area contributed by atoms with Crippen LogP contribution in [0, 0.1) is 0 Å². The molecule has 1 aromatic rings. The van der Waals surface area contributed by atoms with Crippen LogP contribution >= 0.6 is 0 Å². The van der Waals surface area contributed by atoms with E-state index in [1.807, 2.05) is 24.3 Å². The van der Waals surface area contributed by atoms with Gasteiger partial charge >= 0.3 is 0 Å². The number of aliphatic imine (C=N–C) groups is 1. The zero-order valence-electron chi connectivity index (χ0n) is 14.6. The molecule has 0 spiro atoms. The second kappa shape index (κ2) is 10.5.